The van der Waals surface area contributed by atoms with Crippen molar-refractivity contribution in [3.63, 3.8) is 0 Å². The Labute approximate surface area is 151 Å². The first kappa shape index (κ1) is 16.6. The van der Waals surface area contributed by atoms with Crippen LogP contribution >= 0.6 is 0 Å². The molecule has 0 amide bonds. The third-order valence-electron chi connectivity index (χ3n) is 4.14. The van der Waals surface area contributed by atoms with Gasteiger partial charge in [-0.15, -0.1) is 0 Å². The van der Waals surface area contributed by atoms with Gasteiger partial charge in [-0.1, -0.05) is 6.07 Å². The number of nitrogens with zero attached hydrogens (tertiary/aromatic N) is 2. The SMILES string of the molecule is O=C(OCc1cc(F)cc2cccnc12)c1cc2cc([N+](=O)[O-])ccc2[nH]1. The summed E-state index contributed by atoms with van der Waals surface area (Å²) in [6.45, 7) is -0.153. The zero-order valence-electron chi connectivity index (χ0n) is 13.8. The molecule has 2 aromatic heterocycles. The molecule has 0 fully saturated rings. The van der Waals surface area contributed by atoms with Crippen LogP contribution in [-0.2, 0) is 11.3 Å². The normalized spacial score (nSPS) is 11.0. The summed E-state index contributed by atoms with van der Waals surface area (Å²) in [5.74, 6) is -1.10. The van der Waals surface area contributed by atoms with Crippen molar-refractivity contribution >= 4 is 33.5 Å². The summed E-state index contributed by atoms with van der Waals surface area (Å²) in [7, 11) is 0. The third-order valence-corrected chi connectivity index (χ3v) is 4.14. The van der Waals surface area contributed by atoms with Crippen molar-refractivity contribution in [2.45, 2.75) is 6.61 Å². The fourth-order valence-corrected chi connectivity index (χ4v) is 2.90. The van der Waals surface area contributed by atoms with Crippen LogP contribution in [-0.4, -0.2) is 20.9 Å². The summed E-state index contributed by atoms with van der Waals surface area (Å²) in [5, 5.41) is 12.0. The van der Waals surface area contributed by atoms with E-state index in [9.17, 15) is 19.3 Å². The second kappa shape index (κ2) is 6.49. The maximum absolute atomic E-state index is 13.8. The van der Waals surface area contributed by atoms with Crippen molar-refractivity contribution in [2.24, 2.45) is 0 Å². The van der Waals surface area contributed by atoms with E-state index in [1.165, 1.54) is 36.4 Å². The van der Waals surface area contributed by atoms with E-state index in [0.717, 1.165) is 0 Å². The zero-order valence-corrected chi connectivity index (χ0v) is 13.8. The van der Waals surface area contributed by atoms with Crippen LogP contribution in [0.2, 0.25) is 0 Å². The molecule has 4 aromatic rings. The van der Waals surface area contributed by atoms with Crippen molar-refractivity contribution < 1.29 is 18.8 Å². The minimum absolute atomic E-state index is 0.0706. The number of esters is 1. The number of pyridine rings is 1. The summed E-state index contributed by atoms with van der Waals surface area (Å²) in [6.07, 6.45) is 1.58. The van der Waals surface area contributed by atoms with Crippen LogP contribution in [0.3, 0.4) is 0 Å². The van der Waals surface area contributed by atoms with Gasteiger partial charge in [0.05, 0.1) is 10.4 Å². The van der Waals surface area contributed by atoms with Crippen LogP contribution in [0.25, 0.3) is 21.8 Å². The number of hydrogen-bond donors (Lipinski definition) is 1. The fraction of sp³-hybridized carbons (Fsp3) is 0.0526. The summed E-state index contributed by atoms with van der Waals surface area (Å²) in [5.41, 5.74) is 1.66. The lowest BCUT2D eigenvalue weighted by molar-refractivity contribution is -0.384. The molecule has 7 nitrogen and oxygen atoms in total. The molecule has 2 aromatic carbocycles. The Bertz CT molecular complexity index is 1200. The lowest BCUT2D eigenvalue weighted by Crippen LogP contribution is -2.06. The van der Waals surface area contributed by atoms with Crippen molar-refractivity contribution in [2.75, 3.05) is 0 Å². The average molecular weight is 365 g/mol. The predicted molar refractivity (Wildman–Crippen MR) is 95.8 cm³/mol. The smallest absolute Gasteiger partial charge is 0.355 e. The number of carbonyl (C=O) groups is 1. The van der Waals surface area contributed by atoms with Crippen molar-refractivity contribution in [3.05, 3.63) is 81.9 Å². The maximum atomic E-state index is 13.8. The Morgan fingerprint density at radius 1 is 1.19 bits per heavy atom. The number of aromatic nitrogens is 2. The summed E-state index contributed by atoms with van der Waals surface area (Å²) < 4.78 is 19.0. The molecule has 0 unspecified atom stereocenters. The molecule has 8 heteroatoms. The zero-order chi connectivity index (χ0) is 19.0. The van der Waals surface area contributed by atoms with Gasteiger partial charge in [-0.05, 0) is 30.3 Å². The first-order valence-corrected chi connectivity index (χ1v) is 7.99. The molecule has 0 atom stereocenters. The minimum Gasteiger partial charge on any atom is -0.456 e. The highest BCUT2D eigenvalue weighted by Gasteiger charge is 2.15. The Balaban J connectivity index is 1.58. The second-order valence-electron chi connectivity index (χ2n) is 5.93. The van der Waals surface area contributed by atoms with Gasteiger partial charge in [-0.2, -0.15) is 0 Å². The molecular weight excluding hydrogens is 353 g/mol. The molecular formula is C19H12FN3O4. The molecule has 0 aliphatic carbocycles. The van der Waals surface area contributed by atoms with E-state index in [-0.39, 0.29) is 18.0 Å². The lowest BCUT2D eigenvalue weighted by atomic mass is 10.1. The van der Waals surface area contributed by atoms with E-state index in [0.29, 0.717) is 27.4 Å². The molecule has 0 aliphatic rings. The number of hydrogen-bond acceptors (Lipinski definition) is 5. The number of halogens is 1. The Morgan fingerprint density at radius 2 is 2.04 bits per heavy atom. The van der Waals surface area contributed by atoms with Crippen LogP contribution in [0.4, 0.5) is 10.1 Å². The molecule has 0 saturated carbocycles. The van der Waals surface area contributed by atoms with Gasteiger partial charge in [0.1, 0.15) is 18.1 Å². The largest absolute Gasteiger partial charge is 0.456 e. The van der Waals surface area contributed by atoms with Gasteiger partial charge in [0.2, 0.25) is 0 Å². The monoisotopic (exact) mass is 365 g/mol. The van der Waals surface area contributed by atoms with Crippen LogP contribution in [0.5, 0.6) is 0 Å². The standard InChI is InChI=1S/C19H12FN3O4/c20-14-6-11-2-1-5-21-18(11)13(7-14)10-27-19(24)17-9-12-8-15(23(25)26)3-4-16(12)22-17/h1-9,22H,10H2. The van der Waals surface area contributed by atoms with E-state index in [4.69, 9.17) is 4.74 Å². The number of non-ortho nitro benzene ring substituents is 1. The van der Waals surface area contributed by atoms with Gasteiger partial charge in [0, 0.05) is 40.2 Å². The molecule has 0 bridgehead atoms. The highest BCUT2D eigenvalue weighted by atomic mass is 19.1. The van der Waals surface area contributed by atoms with Gasteiger partial charge < -0.3 is 9.72 Å². The van der Waals surface area contributed by atoms with E-state index in [2.05, 4.69) is 9.97 Å². The topological polar surface area (TPSA) is 98.1 Å². The van der Waals surface area contributed by atoms with Crippen LogP contribution in [0.15, 0.2) is 54.7 Å². The summed E-state index contributed by atoms with van der Waals surface area (Å²) >= 11 is 0. The highest BCUT2D eigenvalue weighted by molar-refractivity contribution is 5.95. The number of H-pyrrole nitrogens is 1. The number of aromatic amines is 1. The molecule has 4 rings (SSSR count). The molecule has 2 heterocycles. The number of nitro benzene ring substituents is 1. The number of nitrogens with one attached hydrogen (secondary N) is 1. The van der Waals surface area contributed by atoms with Crippen molar-refractivity contribution in [1.29, 1.82) is 0 Å². The number of nitro groups is 1. The predicted octanol–water partition coefficient (Wildman–Crippen LogP) is 4.12. The molecule has 1 N–H and O–H groups in total. The highest BCUT2D eigenvalue weighted by Crippen LogP contribution is 2.23. The van der Waals surface area contributed by atoms with Crippen LogP contribution in [0, 0.1) is 15.9 Å². The van der Waals surface area contributed by atoms with Crippen molar-refractivity contribution in [1.82, 2.24) is 9.97 Å². The van der Waals surface area contributed by atoms with Crippen molar-refractivity contribution in [3.8, 4) is 0 Å². The van der Waals surface area contributed by atoms with Crippen LogP contribution in [0.1, 0.15) is 16.1 Å². The van der Waals surface area contributed by atoms with E-state index in [1.807, 2.05) is 0 Å². The van der Waals surface area contributed by atoms with E-state index < -0.39 is 16.7 Å². The van der Waals surface area contributed by atoms with Gasteiger partial charge in [-0.3, -0.25) is 15.1 Å². The molecule has 0 radical (unpaired) electrons. The van der Waals surface area contributed by atoms with Crippen LogP contribution < -0.4 is 0 Å². The Kier molecular flexibility index (Phi) is 4.00. The number of rotatable bonds is 4. The molecule has 0 aliphatic heterocycles. The average Bonchev–Trinajstić information content (AvgIpc) is 3.09. The van der Waals surface area contributed by atoms with Gasteiger partial charge in [0.25, 0.3) is 5.69 Å². The number of ether oxygens (including phenoxy) is 1. The van der Waals surface area contributed by atoms with Gasteiger partial charge >= 0.3 is 5.97 Å². The first-order valence-electron chi connectivity index (χ1n) is 7.99. The second-order valence-corrected chi connectivity index (χ2v) is 5.93. The van der Waals surface area contributed by atoms with Gasteiger partial charge in [0.15, 0.2) is 0 Å². The molecule has 0 saturated heterocycles. The van der Waals surface area contributed by atoms with Gasteiger partial charge in [-0.25, -0.2) is 9.18 Å². The summed E-state index contributed by atoms with van der Waals surface area (Å²) in [4.78, 5) is 29.7. The third kappa shape index (κ3) is 3.20. The Morgan fingerprint density at radius 3 is 2.85 bits per heavy atom. The molecule has 134 valence electrons. The number of fused-ring (bicyclic) bond motifs is 2. The summed E-state index contributed by atoms with van der Waals surface area (Å²) in [6, 6.07) is 11.8. The maximum Gasteiger partial charge on any atom is 0.355 e. The minimum atomic E-state index is -0.651. The quantitative estimate of drug-likeness (QED) is 0.333. The van der Waals surface area contributed by atoms with E-state index >= 15 is 0 Å². The fourth-order valence-electron chi connectivity index (χ4n) is 2.90. The first-order chi connectivity index (χ1) is 13.0. The number of carbonyl (C=O) groups excluding carboxylic acids is 1. The number of benzene rings is 2. The lowest BCUT2D eigenvalue weighted by Gasteiger charge is -2.07. The molecule has 27 heavy (non-hydrogen) atoms. The Hall–Kier alpha value is -3.81. The molecule has 0 spiro atoms. The van der Waals surface area contributed by atoms with E-state index in [1.54, 1.807) is 18.3 Å².